The molecule has 0 nitrogen and oxygen atoms in total. The fourth-order valence-corrected chi connectivity index (χ4v) is 8.44. The Morgan fingerprint density at radius 1 is 0.273 bits per heavy atom. The van der Waals surface area contributed by atoms with E-state index in [1.807, 2.05) is 0 Å². The summed E-state index contributed by atoms with van der Waals surface area (Å²) in [5.41, 5.74) is 10.4. The fraction of sp³-hybridized carbons (Fsp3) is 0.818. The molecule has 0 saturated heterocycles. The quantitative estimate of drug-likeness (QED) is 0.322. The predicted molar refractivity (Wildman–Crippen MR) is 145 cm³/mol. The van der Waals surface area contributed by atoms with E-state index in [-0.39, 0.29) is 0 Å². The largest absolute Gasteiger partial charge is 0.0710 e. The monoisotopic (exact) mass is 450 g/mol. The normalized spacial score (nSPS) is 37.6. The molecule has 8 aliphatic rings. The van der Waals surface area contributed by atoms with Crippen molar-refractivity contribution in [3.05, 3.63) is 33.4 Å². The Morgan fingerprint density at radius 3 is 0.606 bits per heavy atom. The lowest BCUT2D eigenvalue weighted by atomic mass is 9.68. The molecule has 2 atom stereocenters. The first kappa shape index (κ1) is 25.3. The van der Waals surface area contributed by atoms with Crippen LogP contribution in [0.4, 0.5) is 0 Å². The summed E-state index contributed by atoms with van der Waals surface area (Å²) in [5, 5.41) is 0. The molecule has 0 heterocycles. The van der Waals surface area contributed by atoms with Crippen LogP contribution >= 0.6 is 0 Å². The van der Waals surface area contributed by atoms with Crippen LogP contribution < -0.4 is 0 Å². The minimum atomic E-state index is 0.956. The van der Waals surface area contributed by atoms with E-state index in [2.05, 4.69) is 41.5 Å². The Labute approximate surface area is 206 Å². The molecule has 0 aromatic heterocycles. The van der Waals surface area contributed by atoms with Gasteiger partial charge in [0, 0.05) is 0 Å². The van der Waals surface area contributed by atoms with Crippen molar-refractivity contribution in [3.63, 3.8) is 0 Å². The Morgan fingerprint density at radius 2 is 0.424 bits per heavy atom. The minimum Gasteiger partial charge on any atom is -0.0710 e. The zero-order chi connectivity index (χ0) is 23.5. The molecule has 33 heavy (non-hydrogen) atoms. The Bertz CT molecular complexity index is 692. The number of rotatable bonds is 0. The van der Waals surface area contributed by atoms with Gasteiger partial charge in [-0.05, 0) is 154 Å². The van der Waals surface area contributed by atoms with E-state index >= 15 is 0 Å². The summed E-state index contributed by atoms with van der Waals surface area (Å²) < 4.78 is 0. The molecule has 0 N–H and O–H groups in total. The highest BCUT2D eigenvalue weighted by Gasteiger charge is 2.30. The topological polar surface area (TPSA) is 0 Å². The maximum atomic E-state index is 2.38. The molecule has 2 unspecified atom stereocenters. The van der Waals surface area contributed by atoms with Gasteiger partial charge >= 0.3 is 0 Å². The first-order chi connectivity index (χ1) is 15.9. The van der Waals surface area contributed by atoms with Crippen molar-refractivity contribution in [1.29, 1.82) is 0 Å². The lowest BCUT2D eigenvalue weighted by Gasteiger charge is -2.38. The van der Waals surface area contributed by atoms with Crippen LogP contribution in [0.25, 0.3) is 0 Å². The van der Waals surface area contributed by atoms with Crippen LogP contribution in [0.5, 0.6) is 0 Å². The van der Waals surface area contributed by atoms with E-state index in [9.17, 15) is 0 Å². The molecule has 8 aliphatic carbocycles. The summed E-state index contributed by atoms with van der Waals surface area (Å²) in [6, 6.07) is 0. The third-order valence-electron chi connectivity index (χ3n) is 11.4. The Kier molecular flexibility index (Phi) is 8.67. The van der Waals surface area contributed by atoms with Gasteiger partial charge < -0.3 is 0 Å². The molecule has 0 spiro atoms. The van der Waals surface area contributed by atoms with Gasteiger partial charge in [0.05, 0.1) is 0 Å². The summed E-state index contributed by atoms with van der Waals surface area (Å²) in [6.45, 7) is 14.2. The van der Waals surface area contributed by atoms with Gasteiger partial charge in [-0.2, -0.15) is 0 Å². The van der Waals surface area contributed by atoms with Gasteiger partial charge in [-0.15, -0.1) is 0 Å². The number of hydrogen-bond acceptors (Lipinski definition) is 0. The molecule has 8 rings (SSSR count). The van der Waals surface area contributed by atoms with E-state index < -0.39 is 0 Å². The van der Waals surface area contributed by atoms with Crippen LogP contribution in [-0.2, 0) is 0 Å². The van der Waals surface area contributed by atoms with Crippen molar-refractivity contribution < 1.29 is 0 Å². The molecule has 2 saturated carbocycles. The maximum absolute atomic E-state index is 2.38. The molecular weight excluding hydrogens is 396 g/mol. The molecule has 2 fully saturated rings. The van der Waals surface area contributed by atoms with Crippen molar-refractivity contribution in [2.75, 3.05) is 0 Å². The lowest BCUT2D eigenvalue weighted by molar-refractivity contribution is 0.295. The molecule has 0 heteroatoms. The van der Waals surface area contributed by atoms with E-state index in [1.165, 1.54) is 96.3 Å². The number of allylic oxidation sites excluding steroid dienone is 6. The average Bonchev–Trinajstić information content (AvgIpc) is 3.24. The number of hydrogen-bond donors (Lipinski definition) is 0. The smallest absolute Gasteiger partial charge is 0.0203 e. The predicted octanol–water partition coefficient (Wildman–Crippen LogP) is 10.6. The highest BCUT2D eigenvalue weighted by molar-refractivity contribution is 5.22. The zero-order valence-electron chi connectivity index (χ0n) is 23.1. The third-order valence-corrected chi connectivity index (χ3v) is 11.4. The second kappa shape index (κ2) is 11.3. The average molecular weight is 451 g/mol. The van der Waals surface area contributed by atoms with Crippen LogP contribution in [0, 0.1) is 35.5 Å². The molecule has 0 radical (unpaired) electrons. The minimum absolute atomic E-state index is 0.956. The van der Waals surface area contributed by atoms with Crippen molar-refractivity contribution in [3.8, 4) is 0 Å². The van der Waals surface area contributed by atoms with Gasteiger partial charge in [0.1, 0.15) is 0 Å². The van der Waals surface area contributed by atoms with Crippen LogP contribution in [0.3, 0.4) is 0 Å². The molecule has 0 aliphatic heterocycles. The molecule has 0 aromatic rings. The summed E-state index contributed by atoms with van der Waals surface area (Å²) in [5.74, 6) is 5.80. The molecule has 186 valence electrons. The Hall–Kier alpha value is -0.780. The summed E-state index contributed by atoms with van der Waals surface area (Å²) in [6.07, 6.45) is 22.1. The SMILES string of the molecule is CC1=C(C)C2CCC1CC2.CC1=C(C)C2CCCC1CC2.CC1=C(C)C2CCCC1CCC2. The van der Waals surface area contributed by atoms with Gasteiger partial charge in [0.15, 0.2) is 0 Å². The highest BCUT2D eigenvalue weighted by Crippen LogP contribution is 2.45. The van der Waals surface area contributed by atoms with Crippen LogP contribution in [-0.4, -0.2) is 0 Å². The van der Waals surface area contributed by atoms with Gasteiger partial charge in [-0.25, -0.2) is 0 Å². The van der Waals surface area contributed by atoms with Crippen LogP contribution in [0.2, 0.25) is 0 Å². The van der Waals surface area contributed by atoms with Crippen molar-refractivity contribution in [2.24, 2.45) is 35.5 Å². The van der Waals surface area contributed by atoms with E-state index in [0.717, 1.165) is 35.5 Å². The second-order valence-corrected chi connectivity index (χ2v) is 12.8. The summed E-state index contributed by atoms with van der Waals surface area (Å²) in [7, 11) is 0. The van der Waals surface area contributed by atoms with Gasteiger partial charge in [-0.3, -0.25) is 0 Å². The maximum Gasteiger partial charge on any atom is -0.0203 e. The summed E-state index contributed by atoms with van der Waals surface area (Å²) >= 11 is 0. The number of fused-ring (bicyclic) bond motifs is 7. The van der Waals surface area contributed by atoms with Gasteiger partial charge in [0.25, 0.3) is 0 Å². The summed E-state index contributed by atoms with van der Waals surface area (Å²) in [4.78, 5) is 0. The Balaban J connectivity index is 0.000000118. The van der Waals surface area contributed by atoms with E-state index in [1.54, 1.807) is 33.4 Å². The lowest BCUT2D eigenvalue weighted by Crippen LogP contribution is -2.24. The second-order valence-electron chi connectivity index (χ2n) is 12.8. The highest BCUT2D eigenvalue weighted by atomic mass is 14.4. The van der Waals surface area contributed by atoms with Gasteiger partial charge in [-0.1, -0.05) is 52.7 Å². The molecule has 0 amide bonds. The first-order valence-electron chi connectivity index (χ1n) is 14.9. The zero-order valence-corrected chi connectivity index (χ0v) is 23.1. The van der Waals surface area contributed by atoms with Crippen molar-refractivity contribution >= 4 is 0 Å². The van der Waals surface area contributed by atoms with Crippen LogP contribution in [0.15, 0.2) is 33.4 Å². The van der Waals surface area contributed by atoms with E-state index in [0.29, 0.717) is 0 Å². The molecule has 0 aromatic carbocycles. The third kappa shape index (κ3) is 5.73. The van der Waals surface area contributed by atoms with E-state index in [4.69, 9.17) is 0 Å². The standard InChI is InChI=1S/C12H20.C11H18.C10H16/c1-9-10(2)12-7-3-5-11(9)6-4-8-12;1-8-9(2)11-5-3-4-10(8)6-7-11;1-7-8(2)10-5-3-9(7)4-6-10/h11-12H,3-8H2,1-2H3;10-11H,3-7H2,1-2H3;9-10H,3-6H2,1-2H3. The first-order valence-corrected chi connectivity index (χ1v) is 14.9. The molecule has 6 bridgehead atoms. The fourth-order valence-electron chi connectivity index (χ4n) is 8.44. The van der Waals surface area contributed by atoms with Gasteiger partial charge in [0.2, 0.25) is 0 Å². The van der Waals surface area contributed by atoms with Crippen LogP contribution in [0.1, 0.15) is 138 Å². The molecular formula is C33H54. The van der Waals surface area contributed by atoms with Crippen molar-refractivity contribution in [2.45, 2.75) is 138 Å². The van der Waals surface area contributed by atoms with Crippen molar-refractivity contribution in [1.82, 2.24) is 0 Å².